The van der Waals surface area contributed by atoms with Crippen LogP contribution < -0.4 is 5.73 Å². The molecular weight excluding hydrogens is 366 g/mol. The molecular formula is C7H14Br3N3. The molecule has 13 heavy (non-hydrogen) atoms. The zero-order valence-electron chi connectivity index (χ0n) is 7.31. The van der Waals surface area contributed by atoms with Crippen LogP contribution in [0.1, 0.15) is 6.92 Å². The summed E-state index contributed by atoms with van der Waals surface area (Å²) in [6.45, 7) is 3.70. The highest BCUT2D eigenvalue weighted by atomic mass is 79.9. The number of nitrogens with two attached hydrogens (primary N) is 1. The van der Waals surface area contributed by atoms with E-state index in [1.807, 2.05) is 10.9 Å². The minimum Gasteiger partial charge on any atom is -0.330 e. The van der Waals surface area contributed by atoms with E-state index in [1.54, 1.807) is 6.20 Å². The number of hydrogen-bond donors (Lipinski definition) is 1. The summed E-state index contributed by atoms with van der Waals surface area (Å²) < 4.78 is 2.91. The van der Waals surface area contributed by atoms with Crippen molar-refractivity contribution in [1.29, 1.82) is 0 Å². The summed E-state index contributed by atoms with van der Waals surface area (Å²) >= 11 is 3.33. The predicted octanol–water partition coefficient (Wildman–Crippen LogP) is 2.40. The van der Waals surface area contributed by atoms with Gasteiger partial charge in [-0.25, -0.2) is 0 Å². The topological polar surface area (TPSA) is 43.8 Å². The lowest BCUT2D eigenvalue weighted by Gasteiger charge is -2.06. The van der Waals surface area contributed by atoms with E-state index in [0.717, 1.165) is 11.0 Å². The van der Waals surface area contributed by atoms with Gasteiger partial charge in [-0.3, -0.25) is 4.68 Å². The number of hydrogen-bond acceptors (Lipinski definition) is 2. The van der Waals surface area contributed by atoms with Crippen LogP contribution in [0.2, 0.25) is 0 Å². The van der Waals surface area contributed by atoms with Gasteiger partial charge in [0, 0.05) is 12.7 Å². The molecule has 2 N–H and O–H groups in total. The largest absolute Gasteiger partial charge is 0.330 e. The van der Waals surface area contributed by atoms with Gasteiger partial charge in [0.15, 0.2) is 0 Å². The van der Waals surface area contributed by atoms with Crippen molar-refractivity contribution in [3.63, 3.8) is 0 Å². The van der Waals surface area contributed by atoms with E-state index in [1.165, 1.54) is 0 Å². The van der Waals surface area contributed by atoms with E-state index in [-0.39, 0.29) is 34.0 Å². The first kappa shape index (κ1) is 16.1. The highest BCUT2D eigenvalue weighted by Gasteiger charge is 2.00. The highest BCUT2D eigenvalue weighted by Crippen LogP contribution is 2.07. The third-order valence-corrected chi connectivity index (χ3v) is 1.91. The van der Waals surface area contributed by atoms with E-state index in [0.29, 0.717) is 12.5 Å². The lowest BCUT2D eigenvalue weighted by atomic mass is 10.2. The van der Waals surface area contributed by atoms with Crippen LogP contribution in [0.25, 0.3) is 0 Å². The van der Waals surface area contributed by atoms with Gasteiger partial charge in [0.2, 0.25) is 0 Å². The zero-order valence-corrected chi connectivity index (χ0v) is 12.3. The molecule has 1 aromatic rings. The Morgan fingerprint density at radius 3 is 2.62 bits per heavy atom. The summed E-state index contributed by atoms with van der Waals surface area (Å²) in [6, 6.07) is 0. The van der Waals surface area contributed by atoms with E-state index in [2.05, 4.69) is 28.0 Å². The van der Waals surface area contributed by atoms with Gasteiger partial charge in [0.05, 0.1) is 10.7 Å². The van der Waals surface area contributed by atoms with Gasteiger partial charge in [0.25, 0.3) is 0 Å². The summed E-state index contributed by atoms with van der Waals surface area (Å²) in [5, 5.41) is 4.12. The van der Waals surface area contributed by atoms with Gasteiger partial charge in [-0.15, -0.1) is 34.0 Å². The van der Waals surface area contributed by atoms with Crippen molar-refractivity contribution in [2.75, 3.05) is 6.54 Å². The lowest BCUT2D eigenvalue weighted by Crippen LogP contribution is -2.17. The summed E-state index contributed by atoms with van der Waals surface area (Å²) in [5.74, 6) is 0.488. The van der Waals surface area contributed by atoms with E-state index >= 15 is 0 Å². The second-order valence-electron chi connectivity index (χ2n) is 2.72. The van der Waals surface area contributed by atoms with E-state index in [9.17, 15) is 0 Å². The minimum atomic E-state index is 0. The Morgan fingerprint density at radius 2 is 2.23 bits per heavy atom. The fourth-order valence-corrected chi connectivity index (χ4v) is 1.16. The van der Waals surface area contributed by atoms with Crippen molar-refractivity contribution in [2.24, 2.45) is 11.7 Å². The number of nitrogens with zero attached hydrogens (tertiary/aromatic N) is 2. The Balaban J connectivity index is 0. The Kier molecular flexibility index (Phi) is 9.83. The van der Waals surface area contributed by atoms with Gasteiger partial charge in [-0.2, -0.15) is 5.10 Å². The van der Waals surface area contributed by atoms with Crippen molar-refractivity contribution < 1.29 is 0 Å². The number of rotatable bonds is 3. The van der Waals surface area contributed by atoms with E-state index < -0.39 is 0 Å². The fraction of sp³-hybridized carbons (Fsp3) is 0.571. The quantitative estimate of drug-likeness (QED) is 0.876. The van der Waals surface area contributed by atoms with Crippen molar-refractivity contribution in [3.05, 3.63) is 16.9 Å². The van der Waals surface area contributed by atoms with Crippen LogP contribution in [0.3, 0.4) is 0 Å². The second-order valence-corrected chi connectivity index (χ2v) is 3.64. The van der Waals surface area contributed by atoms with Crippen LogP contribution in [0, 0.1) is 5.92 Å². The first-order valence-electron chi connectivity index (χ1n) is 3.60. The van der Waals surface area contributed by atoms with Gasteiger partial charge in [-0.05, 0) is 28.4 Å². The molecule has 1 unspecified atom stereocenters. The van der Waals surface area contributed by atoms with Crippen molar-refractivity contribution >= 4 is 49.9 Å². The molecule has 0 aliphatic rings. The molecule has 0 spiro atoms. The second kappa shape index (κ2) is 7.96. The number of halogens is 3. The maximum absolute atomic E-state index is 5.47. The van der Waals surface area contributed by atoms with Crippen LogP contribution in [0.5, 0.6) is 0 Å². The lowest BCUT2D eigenvalue weighted by molar-refractivity contribution is 0.458. The first-order valence-corrected chi connectivity index (χ1v) is 4.39. The van der Waals surface area contributed by atoms with Crippen molar-refractivity contribution in [2.45, 2.75) is 13.5 Å². The van der Waals surface area contributed by atoms with Gasteiger partial charge in [0.1, 0.15) is 0 Å². The predicted molar refractivity (Wildman–Crippen MR) is 68.8 cm³/mol. The molecule has 1 rings (SSSR count). The molecule has 0 amide bonds. The van der Waals surface area contributed by atoms with E-state index in [4.69, 9.17) is 5.73 Å². The van der Waals surface area contributed by atoms with Gasteiger partial charge >= 0.3 is 0 Å². The molecule has 78 valence electrons. The maximum atomic E-state index is 5.47. The Bertz CT molecular complexity index is 227. The minimum absolute atomic E-state index is 0. The van der Waals surface area contributed by atoms with Crippen molar-refractivity contribution in [1.82, 2.24) is 9.78 Å². The summed E-state index contributed by atoms with van der Waals surface area (Å²) in [7, 11) is 0. The molecule has 3 nitrogen and oxygen atoms in total. The summed E-state index contributed by atoms with van der Waals surface area (Å²) in [6.07, 6.45) is 3.73. The van der Waals surface area contributed by atoms with Crippen LogP contribution in [0.15, 0.2) is 16.9 Å². The summed E-state index contributed by atoms with van der Waals surface area (Å²) in [4.78, 5) is 0. The number of aromatic nitrogens is 2. The summed E-state index contributed by atoms with van der Waals surface area (Å²) in [5.41, 5.74) is 5.47. The normalized spacial score (nSPS) is 11.3. The molecule has 0 radical (unpaired) electrons. The molecule has 1 atom stereocenters. The smallest absolute Gasteiger partial charge is 0.0632 e. The monoisotopic (exact) mass is 377 g/mol. The molecule has 0 aliphatic heterocycles. The maximum Gasteiger partial charge on any atom is 0.0632 e. The third kappa shape index (κ3) is 5.83. The standard InChI is InChI=1S/C7H12BrN3.2BrH/c1-6(2-9)4-11-5-7(8)3-10-11;;/h3,5-6H,2,4,9H2,1H3;2*1H. The Hall–Kier alpha value is 0.610. The molecule has 6 heteroatoms. The van der Waals surface area contributed by atoms with Crippen LogP contribution in [-0.4, -0.2) is 16.3 Å². The average Bonchev–Trinajstić information content (AvgIpc) is 2.35. The molecule has 0 saturated heterocycles. The molecule has 0 saturated carbocycles. The van der Waals surface area contributed by atoms with Crippen LogP contribution in [0.4, 0.5) is 0 Å². The SMILES string of the molecule is Br.Br.CC(CN)Cn1cc(Br)cn1. The van der Waals surface area contributed by atoms with Gasteiger partial charge < -0.3 is 5.73 Å². The van der Waals surface area contributed by atoms with Crippen LogP contribution >= 0.6 is 49.9 Å². The molecule has 1 aromatic heterocycles. The third-order valence-electron chi connectivity index (χ3n) is 1.50. The molecule has 0 fully saturated rings. The first-order chi connectivity index (χ1) is 5.22. The van der Waals surface area contributed by atoms with Crippen molar-refractivity contribution in [3.8, 4) is 0 Å². The molecule has 1 heterocycles. The Morgan fingerprint density at radius 1 is 1.62 bits per heavy atom. The van der Waals surface area contributed by atoms with Crippen LogP contribution in [-0.2, 0) is 6.54 Å². The van der Waals surface area contributed by atoms with Gasteiger partial charge in [-0.1, -0.05) is 6.92 Å². The molecule has 0 aromatic carbocycles. The average molecular weight is 380 g/mol. The highest BCUT2D eigenvalue weighted by molar-refractivity contribution is 9.10. The Labute approximate surface area is 108 Å². The molecule has 0 bridgehead atoms. The molecule has 0 aliphatic carbocycles. The fourth-order valence-electron chi connectivity index (χ4n) is 0.832. The zero-order chi connectivity index (χ0) is 8.27.